The first-order valence-electron chi connectivity index (χ1n) is 6.75. The summed E-state index contributed by atoms with van der Waals surface area (Å²) >= 11 is 0. The van der Waals surface area contributed by atoms with Gasteiger partial charge in [-0.2, -0.15) is 13.2 Å². The Balaban J connectivity index is 2.69. The number of ether oxygens (including phenoxy) is 1. The molecular formula is C13H22F3NO3. The van der Waals surface area contributed by atoms with E-state index in [-0.39, 0.29) is 0 Å². The molecule has 1 amide bonds. The molecule has 2 unspecified atom stereocenters. The van der Waals surface area contributed by atoms with Gasteiger partial charge < -0.3 is 14.7 Å². The average molecular weight is 297 g/mol. The minimum Gasteiger partial charge on any atom is -0.444 e. The molecule has 1 aliphatic heterocycles. The summed E-state index contributed by atoms with van der Waals surface area (Å²) in [5.74, 6) is 0. The molecule has 0 saturated carbocycles. The van der Waals surface area contributed by atoms with Crippen molar-refractivity contribution in [1.82, 2.24) is 4.90 Å². The lowest BCUT2D eigenvalue weighted by Crippen LogP contribution is -2.48. The number of hydrogen-bond donors (Lipinski definition) is 1. The highest BCUT2D eigenvalue weighted by molar-refractivity contribution is 5.68. The Morgan fingerprint density at radius 3 is 2.45 bits per heavy atom. The molecule has 1 N–H and O–H groups in total. The van der Waals surface area contributed by atoms with Crippen LogP contribution in [0.2, 0.25) is 0 Å². The molecule has 1 rings (SSSR count). The zero-order valence-electron chi connectivity index (χ0n) is 12.0. The number of piperidine rings is 1. The summed E-state index contributed by atoms with van der Waals surface area (Å²) in [6, 6.07) is -0.629. The fourth-order valence-corrected chi connectivity index (χ4v) is 2.20. The zero-order chi connectivity index (χ0) is 15.6. The van der Waals surface area contributed by atoms with E-state index in [1.54, 1.807) is 20.8 Å². The molecule has 0 aromatic rings. The summed E-state index contributed by atoms with van der Waals surface area (Å²) in [7, 11) is 0. The highest BCUT2D eigenvalue weighted by Gasteiger charge is 2.42. The SMILES string of the molecule is CC(C)(C)OC(=O)N1CCCCC1CC(O)C(F)(F)F. The number of nitrogens with zero attached hydrogens (tertiary/aromatic N) is 1. The molecule has 2 atom stereocenters. The monoisotopic (exact) mass is 297 g/mol. The van der Waals surface area contributed by atoms with Crippen molar-refractivity contribution < 1.29 is 27.8 Å². The minimum atomic E-state index is -4.66. The standard InChI is InChI=1S/C13H22F3NO3/c1-12(2,3)20-11(19)17-7-5-4-6-9(17)8-10(18)13(14,15)16/h9-10,18H,4-8H2,1-3H3. The summed E-state index contributed by atoms with van der Waals surface area (Å²) < 4.78 is 42.5. The van der Waals surface area contributed by atoms with E-state index in [1.807, 2.05) is 0 Å². The summed E-state index contributed by atoms with van der Waals surface area (Å²) in [5, 5.41) is 9.17. The number of hydrogen-bond acceptors (Lipinski definition) is 3. The van der Waals surface area contributed by atoms with Gasteiger partial charge in [0.1, 0.15) is 5.60 Å². The third kappa shape index (κ3) is 5.19. The van der Waals surface area contributed by atoms with Crippen LogP contribution in [0.15, 0.2) is 0 Å². The summed E-state index contributed by atoms with van der Waals surface area (Å²) in [5.41, 5.74) is -0.693. The van der Waals surface area contributed by atoms with Gasteiger partial charge in [-0.1, -0.05) is 0 Å². The third-order valence-electron chi connectivity index (χ3n) is 3.13. The molecule has 1 saturated heterocycles. The predicted molar refractivity (Wildman–Crippen MR) is 67.3 cm³/mol. The van der Waals surface area contributed by atoms with Crippen LogP contribution < -0.4 is 0 Å². The zero-order valence-corrected chi connectivity index (χ0v) is 12.0. The lowest BCUT2D eigenvalue weighted by atomic mass is 9.97. The van der Waals surface area contributed by atoms with E-state index in [0.717, 1.165) is 12.8 Å². The Morgan fingerprint density at radius 1 is 1.35 bits per heavy atom. The van der Waals surface area contributed by atoms with E-state index in [4.69, 9.17) is 9.84 Å². The number of rotatable bonds is 2. The number of alkyl halides is 3. The molecule has 0 aliphatic carbocycles. The molecule has 20 heavy (non-hydrogen) atoms. The smallest absolute Gasteiger partial charge is 0.414 e. The highest BCUT2D eigenvalue weighted by atomic mass is 19.4. The quantitative estimate of drug-likeness (QED) is 0.852. The maximum Gasteiger partial charge on any atom is 0.414 e. The van der Waals surface area contributed by atoms with Gasteiger partial charge in [0.05, 0.1) is 0 Å². The normalized spacial score (nSPS) is 22.6. The van der Waals surface area contributed by atoms with Crippen molar-refractivity contribution in [2.45, 2.75) is 70.4 Å². The first kappa shape index (κ1) is 17.1. The van der Waals surface area contributed by atoms with E-state index >= 15 is 0 Å². The van der Waals surface area contributed by atoms with Gasteiger partial charge in [-0.25, -0.2) is 4.79 Å². The van der Waals surface area contributed by atoms with Gasteiger partial charge in [0.15, 0.2) is 6.10 Å². The van der Waals surface area contributed by atoms with E-state index < -0.39 is 36.4 Å². The number of carbonyl (C=O) groups excluding carboxylic acids is 1. The molecular weight excluding hydrogens is 275 g/mol. The molecule has 7 heteroatoms. The van der Waals surface area contributed by atoms with Crippen LogP contribution in [0.4, 0.5) is 18.0 Å². The second kappa shape index (κ2) is 6.20. The van der Waals surface area contributed by atoms with E-state index in [0.29, 0.717) is 13.0 Å². The fraction of sp³-hybridized carbons (Fsp3) is 0.923. The van der Waals surface area contributed by atoms with Crippen molar-refractivity contribution in [3.8, 4) is 0 Å². The topological polar surface area (TPSA) is 49.8 Å². The summed E-state index contributed by atoms with van der Waals surface area (Å²) in [4.78, 5) is 13.3. The van der Waals surface area contributed by atoms with Gasteiger partial charge in [-0.05, 0) is 40.0 Å². The van der Waals surface area contributed by atoms with Crippen LogP contribution in [0.1, 0.15) is 46.5 Å². The molecule has 0 aromatic heterocycles. The molecule has 4 nitrogen and oxygen atoms in total. The van der Waals surface area contributed by atoms with Gasteiger partial charge >= 0.3 is 12.3 Å². The van der Waals surface area contributed by atoms with E-state index in [9.17, 15) is 18.0 Å². The highest BCUT2D eigenvalue weighted by Crippen LogP contribution is 2.29. The molecule has 1 heterocycles. The second-order valence-corrected chi connectivity index (χ2v) is 6.12. The number of carbonyl (C=O) groups is 1. The Bertz CT molecular complexity index is 339. The number of aliphatic hydroxyl groups excluding tert-OH is 1. The third-order valence-corrected chi connectivity index (χ3v) is 3.13. The van der Waals surface area contributed by atoms with Crippen molar-refractivity contribution >= 4 is 6.09 Å². The average Bonchev–Trinajstić information content (AvgIpc) is 2.25. The molecule has 1 fully saturated rings. The van der Waals surface area contributed by atoms with Gasteiger partial charge in [0.2, 0.25) is 0 Å². The number of aliphatic hydroxyl groups is 1. The van der Waals surface area contributed by atoms with E-state index in [2.05, 4.69) is 0 Å². The van der Waals surface area contributed by atoms with Crippen molar-refractivity contribution in [2.75, 3.05) is 6.54 Å². The lowest BCUT2D eigenvalue weighted by molar-refractivity contribution is -0.209. The summed E-state index contributed by atoms with van der Waals surface area (Å²) in [6.45, 7) is 5.47. The maximum atomic E-state index is 12.4. The van der Waals surface area contributed by atoms with Gasteiger partial charge in [0, 0.05) is 19.0 Å². The van der Waals surface area contributed by atoms with Crippen molar-refractivity contribution in [3.63, 3.8) is 0 Å². The molecule has 118 valence electrons. The summed E-state index contributed by atoms with van der Waals surface area (Å²) in [6.07, 6.45) is -6.24. The van der Waals surface area contributed by atoms with Gasteiger partial charge in [0.25, 0.3) is 0 Å². The largest absolute Gasteiger partial charge is 0.444 e. The second-order valence-electron chi connectivity index (χ2n) is 6.12. The van der Waals surface area contributed by atoms with Crippen LogP contribution in [0.3, 0.4) is 0 Å². The van der Waals surface area contributed by atoms with Crippen LogP contribution in [-0.4, -0.2) is 46.6 Å². The van der Waals surface area contributed by atoms with Crippen LogP contribution >= 0.6 is 0 Å². The fourth-order valence-electron chi connectivity index (χ4n) is 2.20. The minimum absolute atomic E-state index is 0.365. The number of likely N-dealkylation sites (tertiary alicyclic amines) is 1. The first-order chi connectivity index (χ1) is 9.00. The lowest BCUT2D eigenvalue weighted by Gasteiger charge is -2.37. The van der Waals surface area contributed by atoms with Crippen LogP contribution in [0.25, 0.3) is 0 Å². The molecule has 1 aliphatic rings. The number of halogens is 3. The Hall–Kier alpha value is -0.980. The molecule has 0 radical (unpaired) electrons. The van der Waals surface area contributed by atoms with Crippen molar-refractivity contribution in [2.24, 2.45) is 0 Å². The first-order valence-corrected chi connectivity index (χ1v) is 6.75. The Morgan fingerprint density at radius 2 is 1.95 bits per heavy atom. The molecule has 0 spiro atoms. The van der Waals surface area contributed by atoms with Gasteiger partial charge in [-0.15, -0.1) is 0 Å². The molecule has 0 aromatic carbocycles. The predicted octanol–water partition coefficient (Wildman–Crippen LogP) is 3.09. The van der Waals surface area contributed by atoms with Crippen LogP contribution in [0, 0.1) is 0 Å². The molecule has 0 bridgehead atoms. The Kier molecular flexibility index (Phi) is 5.29. The van der Waals surface area contributed by atoms with E-state index in [1.165, 1.54) is 4.90 Å². The number of amides is 1. The van der Waals surface area contributed by atoms with Gasteiger partial charge in [-0.3, -0.25) is 0 Å². The van der Waals surface area contributed by atoms with Crippen LogP contribution in [-0.2, 0) is 4.74 Å². The van der Waals surface area contributed by atoms with Crippen LogP contribution in [0.5, 0.6) is 0 Å². The Labute approximate surface area is 116 Å². The maximum absolute atomic E-state index is 12.4. The van der Waals surface area contributed by atoms with Crippen molar-refractivity contribution in [1.29, 1.82) is 0 Å². The van der Waals surface area contributed by atoms with Crippen molar-refractivity contribution in [3.05, 3.63) is 0 Å².